The Kier molecular flexibility index (Phi) is 5.72. The summed E-state index contributed by atoms with van der Waals surface area (Å²) in [5, 5.41) is 0. The summed E-state index contributed by atoms with van der Waals surface area (Å²) in [6.07, 6.45) is 0. The molecule has 1 aliphatic rings. The lowest BCUT2D eigenvalue weighted by Crippen LogP contribution is -2.51. The molecular weight excluding hydrogens is 364 g/mol. The molecule has 0 atom stereocenters. The largest absolute Gasteiger partial charge is 0.497 e. The molecule has 0 radical (unpaired) electrons. The lowest BCUT2D eigenvalue weighted by molar-refractivity contribution is -0.133. The summed E-state index contributed by atoms with van der Waals surface area (Å²) in [6, 6.07) is 8.49. The van der Waals surface area contributed by atoms with Crippen LogP contribution < -0.4 is 25.6 Å². The highest BCUT2D eigenvalue weighted by molar-refractivity contribution is 5.78. The van der Waals surface area contributed by atoms with E-state index in [1.807, 2.05) is 4.90 Å². The third kappa shape index (κ3) is 4.03. The van der Waals surface area contributed by atoms with Gasteiger partial charge >= 0.3 is 5.69 Å². The molecule has 1 saturated heterocycles. The first-order chi connectivity index (χ1) is 13.4. The molecule has 1 fully saturated rings. The van der Waals surface area contributed by atoms with Crippen molar-refractivity contribution >= 4 is 11.7 Å². The number of ether oxygens (including phenoxy) is 2. The minimum Gasteiger partial charge on any atom is -0.497 e. The number of aromatic nitrogens is 2. The molecule has 9 nitrogen and oxygen atoms in total. The number of benzene rings is 1. The van der Waals surface area contributed by atoms with Crippen LogP contribution in [0.3, 0.4) is 0 Å². The van der Waals surface area contributed by atoms with Crippen molar-refractivity contribution in [1.29, 1.82) is 0 Å². The second-order valence-electron chi connectivity index (χ2n) is 6.57. The molecule has 0 bridgehead atoms. The van der Waals surface area contributed by atoms with E-state index >= 15 is 0 Å². The van der Waals surface area contributed by atoms with Gasteiger partial charge in [-0.1, -0.05) is 0 Å². The topological polar surface area (TPSA) is 86.0 Å². The number of nitrogens with zero attached hydrogens (tertiary/aromatic N) is 4. The summed E-state index contributed by atoms with van der Waals surface area (Å²) in [7, 11) is 4.68. The first-order valence-corrected chi connectivity index (χ1v) is 8.97. The summed E-state index contributed by atoms with van der Waals surface area (Å²) >= 11 is 0. The predicted molar refractivity (Wildman–Crippen MR) is 104 cm³/mol. The molecule has 1 aromatic heterocycles. The molecule has 150 valence electrons. The highest BCUT2D eigenvalue weighted by Crippen LogP contribution is 2.17. The Morgan fingerprint density at radius 1 is 0.964 bits per heavy atom. The van der Waals surface area contributed by atoms with E-state index in [9.17, 15) is 14.4 Å². The van der Waals surface area contributed by atoms with Crippen LogP contribution in [-0.2, 0) is 18.9 Å². The van der Waals surface area contributed by atoms with E-state index in [-0.39, 0.29) is 23.8 Å². The van der Waals surface area contributed by atoms with E-state index in [1.165, 1.54) is 17.7 Å². The van der Waals surface area contributed by atoms with Crippen molar-refractivity contribution in [3.05, 3.63) is 51.2 Å². The van der Waals surface area contributed by atoms with Crippen LogP contribution in [0.1, 0.15) is 0 Å². The second-order valence-corrected chi connectivity index (χ2v) is 6.57. The van der Waals surface area contributed by atoms with Gasteiger partial charge in [-0.25, -0.2) is 4.79 Å². The van der Waals surface area contributed by atoms with Gasteiger partial charge in [0.2, 0.25) is 0 Å². The van der Waals surface area contributed by atoms with Crippen LogP contribution in [0, 0.1) is 0 Å². The Morgan fingerprint density at radius 2 is 1.57 bits per heavy atom. The monoisotopic (exact) mass is 388 g/mol. The maximum Gasteiger partial charge on any atom is 0.332 e. The molecule has 3 rings (SSSR count). The molecule has 2 heterocycles. The third-order valence-electron chi connectivity index (χ3n) is 4.88. The van der Waals surface area contributed by atoms with E-state index < -0.39 is 0 Å². The number of piperazine rings is 1. The van der Waals surface area contributed by atoms with Gasteiger partial charge in [-0.2, -0.15) is 0 Å². The van der Waals surface area contributed by atoms with Gasteiger partial charge in [0.05, 0.1) is 7.11 Å². The fourth-order valence-corrected chi connectivity index (χ4v) is 3.12. The smallest absolute Gasteiger partial charge is 0.332 e. The molecule has 1 aromatic carbocycles. The van der Waals surface area contributed by atoms with Gasteiger partial charge in [-0.05, 0) is 24.3 Å². The van der Waals surface area contributed by atoms with Gasteiger partial charge < -0.3 is 19.3 Å². The number of amides is 1. The van der Waals surface area contributed by atoms with Crippen molar-refractivity contribution in [1.82, 2.24) is 14.0 Å². The Bertz CT molecular complexity index is 956. The number of carbonyl (C=O) groups is 1. The minimum absolute atomic E-state index is 0.0449. The minimum atomic E-state index is -0.367. The zero-order valence-corrected chi connectivity index (χ0v) is 16.3. The molecule has 0 unspecified atom stereocenters. The van der Waals surface area contributed by atoms with Crippen LogP contribution in [0.5, 0.6) is 11.5 Å². The Hall–Kier alpha value is -3.23. The maximum absolute atomic E-state index is 12.4. The van der Waals surface area contributed by atoms with Crippen LogP contribution in [0.25, 0.3) is 0 Å². The second kappa shape index (κ2) is 8.20. The first-order valence-electron chi connectivity index (χ1n) is 8.97. The standard InChI is InChI=1S/C19H24N4O5/c1-20-16(12-17(24)21(2)19(20)26)22-8-10-23(11-9-22)18(25)13-28-15-6-4-14(27-3)5-7-15/h4-7,12H,8-11,13H2,1-3H3. The Balaban J connectivity index is 1.57. The van der Waals surface area contributed by atoms with Crippen molar-refractivity contribution in [2.45, 2.75) is 0 Å². The predicted octanol–water partition coefficient (Wildman–Crippen LogP) is -0.180. The first kappa shape index (κ1) is 19.5. The van der Waals surface area contributed by atoms with E-state index in [1.54, 1.807) is 43.3 Å². The normalized spacial score (nSPS) is 14.1. The fourth-order valence-electron chi connectivity index (χ4n) is 3.12. The summed E-state index contributed by atoms with van der Waals surface area (Å²) < 4.78 is 13.2. The van der Waals surface area contributed by atoms with Crippen molar-refractivity contribution in [3.8, 4) is 11.5 Å². The van der Waals surface area contributed by atoms with Gasteiger partial charge in [0.15, 0.2) is 6.61 Å². The lowest BCUT2D eigenvalue weighted by atomic mass is 10.3. The van der Waals surface area contributed by atoms with Gasteiger partial charge in [0.1, 0.15) is 17.3 Å². The molecule has 9 heteroatoms. The van der Waals surface area contributed by atoms with Crippen molar-refractivity contribution in [2.24, 2.45) is 14.1 Å². The van der Waals surface area contributed by atoms with E-state index in [0.717, 1.165) is 10.3 Å². The third-order valence-corrected chi connectivity index (χ3v) is 4.88. The number of rotatable bonds is 5. The van der Waals surface area contributed by atoms with Crippen LogP contribution in [0.2, 0.25) is 0 Å². The van der Waals surface area contributed by atoms with E-state index in [4.69, 9.17) is 9.47 Å². The summed E-state index contributed by atoms with van der Waals surface area (Å²) in [5.41, 5.74) is -0.710. The van der Waals surface area contributed by atoms with Crippen LogP contribution in [-0.4, -0.2) is 59.8 Å². The molecule has 0 N–H and O–H groups in total. The van der Waals surface area contributed by atoms with Crippen molar-refractivity contribution in [3.63, 3.8) is 0 Å². The molecule has 28 heavy (non-hydrogen) atoms. The SMILES string of the molecule is COc1ccc(OCC(=O)N2CCN(c3cc(=O)n(C)c(=O)n3C)CC2)cc1. The molecule has 0 aliphatic carbocycles. The van der Waals surface area contributed by atoms with Crippen LogP contribution in [0.15, 0.2) is 39.9 Å². The van der Waals surface area contributed by atoms with Crippen molar-refractivity contribution in [2.75, 3.05) is 44.8 Å². The van der Waals surface area contributed by atoms with E-state index in [2.05, 4.69) is 0 Å². The van der Waals surface area contributed by atoms with Gasteiger partial charge in [-0.15, -0.1) is 0 Å². The van der Waals surface area contributed by atoms with Crippen LogP contribution in [0.4, 0.5) is 5.82 Å². The average Bonchev–Trinajstić information content (AvgIpc) is 2.73. The molecule has 0 spiro atoms. The van der Waals surface area contributed by atoms with E-state index in [0.29, 0.717) is 37.7 Å². The zero-order chi connectivity index (χ0) is 20.3. The van der Waals surface area contributed by atoms with Crippen molar-refractivity contribution < 1.29 is 14.3 Å². The summed E-state index contributed by atoms with van der Waals surface area (Å²) in [6.45, 7) is 2.02. The highest BCUT2D eigenvalue weighted by Gasteiger charge is 2.23. The Labute approximate surface area is 162 Å². The number of anilines is 1. The quantitative estimate of drug-likeness (QED) is 0.706. The maximum atomic E-state index is 12.4. The number of methoxy groups -OCH3 is 1. The number of carbonyl (C=O) groups excluding carboxylic acids is 1. The van der Waals surface area contributed by atoms with Gasteiger partial charge in [0.25, 0.3) is 11.5 Å². The molecule has 2 aromatic rings. The van der Waals surface area contributed by atoms with Gasteiger partial charge in [0, 0.05) is 46.3 Å². The number of hydrogen-bond acceptors (Lipinski definition) is 6. The molecular formula is C19H24N4O5. The number of hydrogen-bond donors (Lipinski definition) is 0. The Morgan fingerprint density at radius 3 is 2.18 bits per heavy atom. The molecule has 0 saturated carbocycles. The van der Waals surface area contributed by atoms with Gasteiger partial charge in [-0.3, -0.25) is 18.7 Å². The lowest BCUT2D eigenvalue weighted by Gasteiger charge is -2.36. The fraction of sp³-hybridized carbons (Fsp3) is 0.421. The molecule has 1 amide bonds. The van der Waals surface area contributed by atoms with Crippen LogP contribution >= 0.6 is 0 Å². The summed E-state index contributed by atoms with van der Waals surface area (Å²) in [5.74, 6) is 1.78. The summed E-state index contributed by atoms with van der Waals surface area (Å²) in [4.78, 5) is 40.1. The zero-order valence-electron chi connectivity index (χ0n) is 16.3. The average molecular weight is 388 g/mol. The highest BCUT2D eigenvalue weighted by atomic mass is 16.5. The molecule has 1 aliphatic heterocycles.